The maximum absolute atomic E-state index is 12.2. The molecule has 0 saturated heterocycles. The molecule has 2 aromatic rings. The van der Waals surface area contributed by atoms with Crippen LogP contribution in [0.5, 0.6) is 0 Å². The van der Waals surface area contributed by atoms with Gasteiger partial charge in [0.15, 0.2) is 0 Å². The third kappa shape index (κ3) is 2.83. The van der Waals surface area contributed by atoms with Gasteiger partial charge in [0.1, 0.15) is 4.88 Å². The summed E-state index contributed by atoms with van der Waals surface area (Å²) in [5, 5.41) is 11.8. The molecule has 21 heavy (non-hydrogen) atoms. The van der Waals surface area contributed by atoms with Crippen LogP contribution in [0.3, 0.4) is 0 Å². The second-order valence-corrected chi connectivity index (χ2v) is 6.16. The molecule has 1 amide bonds. The van der Waals surface area contributed by atoms with E-state index >= 15 is 0 Å². The van der Waals surface area contributed by atoms with E-state index in [1.54, 1.807) is 6.07 Å². The van der Waals surface area contributed by atoms with Crippen molar-refractivity contribution in [3.63, 3.8) is 0 Å². The number of carboxylic acids is 1. The quantitative estimate of drug-likeness (QED) is 0.910. The van der Waals surface area contributed by atoms with Gasteiger partial charge in [-0.3, -0.25) is 4.79 Å². The standard InChI is InChI=1S/C16H15NO3S/c18-15(13-8-9-14(21-13)16(19)20)17-12-7-3-5-10-4-1-2-6-11(10)12/h3,5,7-9H,1-2,4,6H2,(H,17,18)(H,19,20). The van der Waals surface area contributed by atoms with Crippen LogP contribution in [0.1, 0.15) is 43.3 Å². The summed E-state index contributed by atoms with van der Waals surface area (Å²) in [6.45, 7) is 0. The van der Waals surface area contributed by atoms with Gasteiger partial charge in [-0.1, -0.05) is 12.1 Å². The topological polar surface area (TPSA) is 66.4 Å². The van der Waals surface area contributed by atoms with Gasteiger partial charge in [0, 0.05) is 5.69 Å². The van der Waals surface area contributed by atoms with Crippen molar-refractivity contribution in [3.05, 3.63) is 51.2 Å². The highest BCUT2D eigenvalue weighted by atomic mass is 32.1. The summed E-state index contributed by atoms with van der Waals surface area (Å²) in [5.74, 6) is -1.25. The zero-order chi connectivity index (χ0) is 14.8. The van der Waals surface area contributed by atoms with Crippen LogP contribution >= 0.6 is 11.3 Å². The summed E-state index contributed by atoms with van der Waals surface area (Å²) in [5.41, 5.74) is 3.37. The number of hydrogen-bond acceptors (Lipinski definition) is 3. The molecule has 0 spiro atoms. The predicted molar refractivity (Wildman–Crippen MR) is 82.3 cm³/mol. The maximum Gasteiger partial charge on any atom is 0.345 e. The maximum atomic E-state index is 12.2. The number of thiophene rings is 1. The number of benzene rings is 1. The lowest BCUT2D eigenvalue weighted by Gasteiger charge is -2.19. The molecule has 0 bridgehead atoms. The highest BCUT2D eigenvalue weighted by Crippen LogP contribution is 2.28. The monoisotopic (exact) mass is 301 g/mol. The van der Waals surface area contributed by atoms with Crippen LogP contribution in [-0.2, 0) is 12.8 Å². The minimum absolute atomic E-state index is 0.176. The van der Waals surface area contributed by atoms with Gasteiger partial charge in [-0.05, 0) is 55.0 Å². The van der Waals surface area contributed by atoms with Crippen LogP contribution < -0.4 is 5.32 Å². The molecule has 0 unspecified atom stereocenters. The Balaban J connectivity index is 1.83. The average molecular weight is 301 g/mol. The van der Waals surface area contributed by atoms with Gasteiger partial charge in [-0.2, -0.15) is 0 Å². The van der Waals surface area contributed by atoms with Crippen molar-refractivity contribution in [1.82, 2.24) is 0 Å². The predicted octanol–water partition coefficient (Wildman–Crippen LogP) is 3.58. The summed E-state index contributed by atoms with van der Waals surface area (Å²) in [7, 11) is 0. The molecule has 0 saturated carbocycles. The second kappa shape index (κ2) is 5.69. The lowest BCUT2D eigenvalue weighted by atomic mass is 9.90. The number of hydrogen-bond donors (Lipinski definition) is 2. The van der Waals surface area contributed by atoms with E-state index in [0.29, 0.717) is 4.88 Å². The third-order valence-corrected chi connectivity index (χ3v) is 4.76. The van der Waals surface area contributed by atoms with Crippen LogP contribution in [0.15, 0.2) is 30.3 Å². The van der Waals surface area contributed by atoms with E-state index in [-0.39, 0.29) is 10.8 Å². The zero-order valence-electron chi connectivity index (χ0n) is 11.4. The first-order valence-electron chi connectivity index (χ1n) is 6.90. The number of amides is 1. The summed E-state index contributed by atoms with van der Waals surface area (Å²) in [6, 6.07) is 8.99. The van der Waals surface area contributed by atoms with E-state index in [9.17, 15) is 9.59 Å². The Morgan fingerprint density at radius 2 is 1.81 bits per heavy atom. The lowest BCUT2D eigenvalue weighted by molar-refractivity contribution is 0.0702. The molecule has 1 aromatic heterocycles. The fraction of sp³-hybridized carbons (Fsp3) is 0.250. The van der Waals surface area contributed by atoms with Gasteiger partial charge in [-0.15, -0.1) is 11.3 Å². The number of fused-ring (bicyclic) bond motifs is 1. The van der Waals surface area contributed by atoms with Crippen molar-refractivity contribution in [2.24, 2.45) is 0 Å². The summed E-state index contributed by atoms with van der Waals surface area (Å²) < 4.78 is 0. The van der Waals surface area contributed by atoms with E-state index < -0.39 is 5.97 Å². The van der Waals surface area contributed by atoms with E-state index in [1.807, 2.05) is 12.1 Å². The van der Waals surface area contributed by atoms with Crippen LogP contribution in [-0.4, -0.2) is 17.0 Å². The van der Waals surface area contributed by atoms with Crippen LogP contribution in [0.2, 0.25) is 0 Å². The molecule has 1 heterocycles. The number of anilines is 1. The Bertz CT molecular complexity index is 705. The Kier molecular flexibility index (Phi) is 3.75. The molecule has 2 N–H and O–H groups in total. The molecular formula is C16H15NO3S. The first-order valence-corrected chi connectivity index (χ1v) is 7.72. The lowest BCUT2D eigenvalue weighted by Crippen LogP contribution is -2.14. The minimum atomic E-state index is -1.00. The highest BCUT2D eigenvalue weighted by Gasteiger charge is 2.17. The number of carbonyl (C=O) groups excluding carboxylic acids is 1. The normalized spacial score (nSPS) is 13.5. The van der Waals surface area contributed by atoms with Gasteiger partial charge >= 0.3 is 5.97 Å². The van der Waals surface area contributed by atoms with Gasteiger partial charge in [0.25, 0.3) is 5.91 Å². The van der Waals surface area contributed by atoms with E-state index in [4.69, 9.17) is 5.11 Å². The van der Waals surface area contributed by atoms with Crippen molar-refractivity contribution in [2.45, 2.75) is 25.7 Å². The van der Waals surface area contributed by atoms with Crippen LogP contribution in [0.25, 0.3) is 0 Å². The molecule has 0 atom stereocenters. The first-order chi connectivity index (χ1) is 10.1. The Morgan fingerprint density at radius 1 is 1.05 bits per heavy atom. The average Bonchev–Trinajstić information content (AvgIpc) is 2.98. The molecule has 108 valence electrons. The van der Waals surface area contributed by atoms with Crippen LogP contribution in [0.4, 0.5) is 5.69 Å². The molecule has 5 heteroatoms. The van der Waals surface area contributed by atoms with Gasteiger partial charge < -0.3 is 10.4 Å². The molecule has 1 aliphatic carbocycles. The van der Waals surface area contributed by atoms with Gasteiger partial charge in [-0.25, -0.2) is 4.79 Å². The van der Waals surface area contributed by atoms with Crippen molar-refractivity contribution in [2.75, 3.05) is 5.32 Å². The number of aromatic carboxylic acids is 1. The van der Waals surface area contributed by atoms with E-state index in [1.165, 1.54) is 23.6 Å². The fourth-order valence-corrected chi connectivity index (χ4v) is 3.40. The van der Waals surface area contributed by atoms with Crippen molar-refractivity contribution in [1.29, 1.82) is 0 Å². The van der Waals surface area contributed by atoms with Crippen molar-refractivity contribution >= 4 is 28.9 Å². The number of aryl methyl sites for hydroxylation is 1. The second-order valence-electron chi connectivity index (χ2n) is 5.07. The number of carboxylic acid groups (broad SMARTS) is 1. The molecule has 1 aromatic carbocycles. The summed E-state index contributed by atoms with van der Waals surface area (Å²) >= 11 is 0.994. The zero-order valence-corrected chi connectivity index (χ0v) is 12.2. The Hall–Kier alpha value is -2.14. The summed E-state index contributed by atoms with van der Waals surface area (Å²) in [6.07, 6.45) is 4.37. The number of carbonyl (C=O) groups is 2. The molecule has 0 aliphatic heterocycles. The molecule has 4 nitrogen and oxygen atoms in total. The minimum Gasteiger partial charge on any atom is -0.477 e. The van der Waals surface area contributed by atoms with Gasteiger partial charge in [0.2, 0.25) is 0 Å². The summed E-state index contributed by atoms with van der Waals surface area (Å²) in [4.78, 5) is 23.7. The molecule has 3 rings (SSSR count). The first kappa shape index (κ1) is 13.8. The highest BCUT2D eigenvalue weighted by molar-refractivity contribution is 7.15. The third-order valence-electron chi connectivity index (χ3n) is 3.68. The van der Waals surface area contributed by atoms with Crippen LogP contribution in [0, 0.1) is 0 Å². The smallest absolute Gasteiger partial charge is 0.345 e. The molecule has 0 fully saturated rings. The number of rotatable bonds is 3. The van der Waals surface area contributed by atoms with Crippen molar-refractivity contribution in [3.8, 4) is 0 Å². The molecule has 1 aliphatic rings. The SMILES string of the molecule is O=C(O)c1ccc(C(=O)Nc2cccc3c2CCCC3)s1. The van der Waals surface area contributed by atoms with E-state index in [0.717, 1.165) is 36.3 Å². The molecular weight excluding hydrogens is 286 g/mol. The fourth-order valence-electron chi connectivity index (χ4n) is 2.66. The number of nitrogens with one attached hydrogen (secondary N) is 1. The van der Waals surface area contributed by atoms with E-state index in [2.05, 4.69) is 11.4 Å². The largest absolute Gasteiger partial charge is 0.477 e. The van der Waals surface area contributed by atoms with Gasteiger partial charge in [0.05, 0.1) is 4.88 Å². The molecule has 0 radical (unpaired) electrons. The Morgan fingerprint density at radius 3 is 2.57 bits per heavy atom. The van der Waals surface area contributed by atoms with Crippen molar-refractivity contribution < 1.29 is 14.7 Å². The Labute approximate surface area is 126 Å².